The average Bonchev–Trinajstić information content (AvgIpc) is 2.58. The van der Waals surface area contributed by atoms with Gasteiger partial charge in [-0.15, -0.1) is 0 Å². The van der Waals surface area contributed by atoms with Crippen LogP contribution in [-0.4, -0.2) is 0 Å². The molecule has 0 nitrogen and oxygen atoms in total. The van der Waals surface area contributed by atoms with E-state index in [1.54, 1.807) is 5.56 Å². The van der Waals surface area contributed by atoms with E-state index in [9.17, 15) is 0 Å². The van der Waals surface area contributed by atoms with Crippen LogP contribution in [0, 0.1) is 11.3 Å². The van der Waals surface area contributed by atoms with E-state index in [0.29, 0.717) is 17.3 Å². The first kappa shape index (κ1) is 19.5. The van der Waals surface area contributed by atoms with Crippen LogP contribution in [0.15, 0.2) is 54.6 Å². The first-order valence-corrected chi connectivity index (χ1v) is 9.77. The van der Waals surface area contributed by atoms with Crippen LogP contribution in [0.25, 0.3) is 21.5 Å². The van der Waals surface area contributed by atoms with Gasteiger partial charge in [0, 0.05) is 0 Å². The normalized spacial score (nSPS) is 13.0. The van der Waals surface area contributed by atoms with Crippen molar-refractivity contribution < 1.29 is 0 Å². The third-order valence-corrected chi connectivity index (χ3v) is 4.82. The van der Waals surface area contributed by atoms with Gasteiger partial charge in [0.15, 0.2) is 0 Å². The summed E-state index contributed by atoms with van der Waals surface area (Å²) < 4.78 is 0. The molecule has 0 aromatic heterocycles. The Hall–Kier alpha value is -1.82. The maximum Gasteiger partial charge on any atom is -0.0122 e. The maximum atomic E-state index is 2.37. The highest BCUT2D eigenvalue weighted by atomic mass is 14.3. The van der Waals surface area contributed by atoms with Crippen molar-refractivity contribution in [2.45, 2.75) is 60.8 Å². The summed E-state index contributed by atoms with van der Waals surface area (Å²) in [6, 6.07) is 20.1. The molecular weight excluding hydrogens is 300 g/mol. The van der Waals surface area contributed by atoms with Crippen LogP contribution in [-0.2, 0) is 0 Å². The molecule has 0 aliphatic rings. The van der Waals surface area contributed by atoms with Gasteiger partial charge < -0.3 is 0 Å². The van der Waals surface area contributed by atoms with E-state index in [4.69, 9.17) is 0 Å². The molecule has 134 valence electrons. The molecule has 0 radical (unpaired) electrons. The zero-order valence-corrected chi connectivity index (χ0v) is 17.1. The van der Waals surface area contributed by atoms with Gasteiger partial charge in [0.2, 0.25) is 0 Å². The van der Waals surface area contributed by atoms with E-state index in [0.717, 1.165) is 0 Å². The predicted octanol–water partition coefficient (Wildman–Crippen LogP) is 8.20. The maximum absolute atomic E-state index is 2.37. The van der Waals surface area contributed by atoms with Gasteiger partial charge >= 0.3 is 0 Å². The van der Waals surface area contributed by atoms with Crippen molar-refractivity contribution >= 4 is 21.5 Å². The number of benzene rings is 3. The molecule has 0 heterocycles. The highest BCUT2D eigenvalue weighted by Crippen LogP contribution is 2.42. The zero-order chi connectivity index (χ0) is 18.6. The van der Waals surface area contributed by atoms with Gasteiger partial charge in [-0.1, -0.05) is 97.0 Å². The number of rotatable bonds is 3. The Bertz CT molecular complexity index is 764. The van der Waals surface area contributed by atoms with E-state index in [-0.39, 0.29) is 0 Å². The van der Waals surface area contributed by atoms with Crippen LogP contribution in [0.1, 0.15) is 66.4 Å². The van der Waals surface area contributed by atoms with E-state index in [1.807, 2.05) is 13.8 Å². The van der Waals surface area contributed by atoms with Crippen molar-refractivity contribution in [2.75, 3.05) is 0 Å². The molecule has 0 fully saturated rings. The van der Waals surface area contributed by atoms with Gasteiger partial charge in [0.05, 0.1) is 0 Å². The molecule has 0 spiro atoms. The molecule has 0 bridgehead atoms. The smallest absolute Gasteiger partial charge is 0.0122 e. The standard InChI is InChI=1S/C23H28.C2H6/c1-16(2)21(15-23(3,4)5)22-19-12-8-6-10-17(19)14-18-11-7-9-13-20(18)22;1-2/h6-14,16,21H,15H2,1-5H3;1-2H3. The van der Waals surface area contributed by atoms with Crippen LogP contribution >= 0.6 is 0 Å². The second-order valence-corrected chi connectivity index (χ2v) is 8.35. The molecule has 1 atom stereocenters. The van der Waals surface area contributed by atoms with Crippen LogP contribution in [0.5, 0.6) is 0 Å². The Morgan fingerprint density at radius 2 is 1.20 bits per heavy atom. The lowest BCUT2D eigenvalue weighted by Gasteiger charge is -2.31. The third-order valence-electron chi connectivity index (χ3n) is 4.82. The van der Waals surface area contributed by atoms with Crippen LogP contribution in [0.3, 0.4) is 0 Å². The minimum atomic E-state index is 0.326. The summed E-state index contributed by atoms with van der Waals surface area (Å²) >= 11 is 0. The fourth-order valence-corrected chi connectivity index (χ4v) is 3.78. The Labute approximate surface area is 154 Å². The molecule has 0 N–H and O–H groups in total. The lowest BCUT2D eigenvalue weighted by molar-refractivity contribution is 0.303. The summed E-state index contributed by atoms with van der Waals surface area (Å²) in [4.78, 5) is 0. The molecule has 0 aliphatic carbocycles. The molecule has 3 aromatic rings. The molecular formula is C25H34. The van der Waals surface area contributed by atoms with Crippen molar-refractivity contribution in [3.63, 3.8) is 0 Å². The minimum Gasteiger partial charge on any atom is -0.0683 e. The van der Waals surface area contributed by atoms with E-state index in [1.165, 1.54) is 28.0 Å². The van der Waals surface area contributed by atoms with Crippen molar-refractivity contribution in [3.05, 3.63) is 60.2 Å². The Morgan fingerprint density at radius 1 is 0.760 bits per heavy atom. The molecule has 0 saturated carbocycles. The van der Waals surface area contributed by atoms with Crippen LogP contribution < -0.4 is 0 Å². The first-order valence-electron chi connectivity index (χ1n) is 9.77. The first-order chi connectivity index (χ1) is 11.9. The summed E-state index contributed by atoms with van der Waals surface area (Å²) in [5.74, 6) is 1.20. The molecule has 1 unspecified atom stereocenters. The van der Waals surface area contributed by atoms with Crippen molar-refractivity contribution in [1.82, 2.24) is 0 Å². The molecule has 0 saturated heterocycles. The van der Waals surface area contributed by atoms with Gasteiger partial charge in [-0.2, -0.15) is 0 Å². The average molecular weight is 335 g/mol. The summed E-state index contributed by atoms with van der Waals surface area (Å²) in [5.41, 5.74) is 1.87. The monoisotopic (exact) mass is 334 g/mol. The van der Waals surface area contributed by atoms with Crippen LogP contribution in [0.4, 0.5) is 0 Å². The SMILES string of the molecule is CC.CC(C)C(CC(C)(C)C)c1c2ccccc2cc2ccccc12. The Balaban J connectivity index is 0.00000109. The summed E-state index contributed by atoms with van der Waals surface area (Å²) in [6.45, 7) is 15.8. The van der Waals surface area contributed by atoms with Gasteiger partial charge in [-0.05, 0) is 56.8 Å². The molecule has 0 amide bonds. The second kappa shape index (κ2) is 8.04. The molecule has 0 heteroatoms. The largest absolute Gasteiger partial charge is 0.0683 e. The summed E-state index contributed by atoms with van der Waals surface area (Å²) in [6.07, 6.45) is 1.21. The van der Waals surface area contributed by atoms with Gasteiger partial charge in [0.25, 0.3) is 0 Å². The highest BCUT2D eigenvalue weighted by molar-refractivity contribution is 6.02. The molecule has 3 rings (SSSR count). The zero-order valence-electron chi connectivity index (χ0n) is 17.1. The quantitative estimate of drug-likeness (QED) is 0.423. The van der Waals surface area contributed by atoms with Gasteiger partial charge in [0.1, 0.15) is 0 Å². The second-order valence-electron chi connectivity index (χ2n) is 8.35. The van der Waals surface area contributed by atoms with E-state index >= 15 is 0 Å². The predicted molar refractivity (Wildman–Crippen MR) is 114 cm³/mol. The van der Waals surface area contributed by atoms with Gasteiger partial charge in [-0.3, -0.25) is 0 Å². The Morgan fingerprint density at radius 3 is 1.60 bits per heavy atom. The fraction of sp³-hybridized carbons (Fsp3) is 0.440. The van der Waals surface area contributed by atoms with Crippen molar-refractivity contribution in [3.8, 4) is 0 Å². The molecule has 0 aliphatic heterocycles. The summed E-state index contributed by atoms with van der Waals surface area (Å²) in [5, 5.41) is 5.57. The minimum absolute atomic E-state index is 0.326. The Kier molecular flexibility index (Phi) is 6.27. The third kappa shape index (κ3) is 4.42. The topological polar surface area (TPSA) is 0 Å². The van der Waals surface area contributed by atoms with Gasteiger partial charge in [-0.25, -0.2) is 0 Å². The van der Waals surface area contributed by atoms with Crippen molar-refractivity contribution in [2.24, 2.45) is 11.3 Å². The molecule has 3 aromatic carbocycles. The van der Waals surface area contributed by atoms with E-state index < -0.39 is 0 Å². The number of fused-ring (bicyclic) bond motifs is 2. The highest BCUT2D eigenvalue weighted by Gasteiger charge is 2.26. The van der Waals surface area contributed by atoms with Crippen LogP contribution in [0.2, 0.25) is 0 Å². The van der Waals surface area contributed by atoms with E-state index in [2.05, 4.69) is 89.2 Å². The molecule has 25 heavy (non-hydrogen) atoms. The lowest BCUT2D eigenvalue weighted by Crippen LogP contribution is -2.17. The number of hydrogen-bond donors (Lipinski definition) is 0. The number of hydrogen-bond acceptors (Lipinski definition) is 0. The fourth-order valence-electron chi connectivity index (χ4n) is 3.78. The lowest BCUT2D eigenvalue weighted by atomic mass is 9.74. The van der Waals surface area contributed by atoms with Crippen molar-refractivity contribution in [1.29, 1.82) is 0 Å². The summed E-state index contributed by atoms with van der Waals surface area (Å²) in [7, 11) is 0.